The normalized spacial score (nSPS) is 14.5. The second-order valence-corrected chi connectivity index (χ2v) is 10.7. The molecule has 5 nitrogen and oxygen atoms in total. The topological polar surface area (TPSA) is 66.5 Å². The number of thiophene rings is 1. The van der Waals surface area contributed by atoms with Crippen LogP contribution >= 0.6 is 11.3 Å². The van der Waals surface area contributed by atoms with Gasteiger partial charge in [-0.15, -0.1) is 11.3 Å². The van der Waals surface area contributed by atoms with E-state index >= 15 is 0 Å². The molecule has 0 saturated heterocycles. The molecule has 3 aromatic rings. The first-order valence-electron chi connectivity index (χ1n) is 9.85. The molecule has 156 valence electrons. The molecule has 0 spiro atoms. The summed E-state index contributed by atoms with van der Waals surface area (Å²) in [5, 5.41) is 5.14. The molecule has 1 aliphatic rings. The maximum Gasteiger partial charge on any atom is 0.252 e. The summed E-state index contributed by atoms with van der Waals surface area (Å²) in [7, 11) is -0.555. The highest BCUT2D eigenvalue weighted by atomic mass is 32.2. The lowest BCUT2D eigenvalue weighted by atomic mass is 9.99. The molecule has 1 heterocycles. The summed E-state index contributed by atoms with van der Waals surface area (Å²) in [5.41, 5.74) is 4.25. The van der Waals surface area contributed by atoms with Gasteiger partial charge >= 0.3 is 0 Å². The van der Waals surface area contributed by atoms with Gasteiger partial charge in [0.15, 0.2) is 0 Å². The maximum absolute atomic E-state index is 13.0. The van der Waals surface area contributed by atoms with E-state index in [1.165, 1.54) is 43.8 Å². The molecule has 0 saturated carbocycles. The van der Waals surface area contributed by atoms with Gasteiger partial charge in [0.1, 0.15) is 0 Å². The molecular formula is C23H24N2O3S2. The van der Waals surface area contributed by atoms with Crippen molar-refractivity contribution in [3.05, 3.63) is 87.1 Å². The predicted octanol–water partition coefficient (Wildman–Crippen LogP) is 4.01. The van der Waals surface area contributed by atoms with Gasteiger partial charge in [-0.1, -0.05) is 24.3 Å². The third kappa shape index (κ3) is 4.05. The van der Waals surface area contributed by atoms with Crippen LogP contribution in [0.4, 0.5) is 0 Å². The fourth-order valence-electron chi connectivity index (χ4n) is 3.75. The average molecular weight is 441 g/mol. The van der Waals surface area contributed by atoms with Crippen LogP contribution < -0.4 is 5.32 Å². The molecule has 1 N–H and O–H groups in total. The third-order valence-corrected chi connectivity index (χ3v) is 8.22. The largest absolute Gasteiger partial charge is 0.340 e. The number of nitrogens with zero attached hydrogens (tertiary/aromatic N) is 1. The number of carbonyl (C=O) groups excluding carboxylic acids is 1. The smallest absolute Gasteiger partial charge is 0.252 e. The molecule has 7 heteroatoms. The van der Waals surface area contributed by atoms with Crippen molar-refractivity contribution < 1.29 is 13.2 Å². The molecule has 1 amide bonds. The zero-order chi connectivity index (χ0) is 21.3. The highest BCUT2D eigenvalue weighted by Gasteiger charge is 2.22. The molecule has 2 aromatic carbocycles. The summed E-state index contributed by atoms with van der Waals surface area (Å²) in [6, 6.07) is 16.3. The number of hydrogen-bond acceptors (Lipinski definition) is 4. The van der Waals surface area contributed by atoms with Crippen LogP contribution in [-0.2, 0) is 22.9 Å². The van der Waals surface area contributed by atoms with E-state index in [1.807, 2.05) is 17.5 Å². The Morgan fingerprint density at radius 1 is 1.03 bits per heavy atom. The second kappa shape index (κ2) is 8.34. The van der Waals surface area contributed by atoms with Crippen molar-refractivity contribution in [2.24, 2.45) is 0 Å². The third-order valence-electron chi connectivity index (χ3n) is 5.45. The SMILES string of the molecule is CN(C)S(=O)(=O)c1ccc(C(=O)NC(c2ccc3c(c2)CCC3)c2cccs2)cc1. The number of rotatable bonds is 6. The minimum absolute atomic E-state index is 0.164. The summed E-state index contributed by atoms with van der Waals surface area (Å²) in [5.74, 6) is -0.234. The standard InChI is InChI=1S/C23H24N2O3S2/c1-25(2)30(27,28)20-12-10-17(11-13-20)23(26)24-22(21-7-4-14-29-21)19-9-8-16-5-3-6-18(16)15-19/h4,7-15,22H,3,5-6H2,1-2H3,(H,24,26). The van der Waals surface area contributed by atoms with Gasteiger partial charge in [-0.05, 0) is 71.7 Å². The Morgan fingerprint density at radius 3 is 2.43 bits per heavy atom. The summed E-state index contributed by atoms with van der Waals surface area (Å²) >= 11 is 1.61. The Balaban J connectivity index is 1.60. The van der Waals surface area contributed by atoms with E-state index in [-0.39, 0.29) is 16.8 Å². The summed E-state index contributed by atoms with van der Waals surface area (Å²) in [6.45, 7) is 0. The zero-order valence-electron chi connectivity index (χ0n) is 17.0. The van der Waals surface area contributed by atoms with E-state index in [0.717, 1.165) is 27.6 Å². The van der Waals surface area contributed by atoms with E-state index in [4.69, 9.17) is 0 Å². The summed E-state index contributed by atoms with van der Waals surface area (Å²) in [4.78, 5) is 14.2. The van der Waals surface area contributed by atoms with Crippen molar-refractivity contribution in [2.45, 2.75) is 30.2 Å². The quantitative estimate of drug-likeness (QED) is 0.630. The number of sulfonamides is 1. The lowest BCUT2D eigenvalue weighted by molar-refractivity contribution is 0.0943. The van der Waals surface area contributed by atoms with Gasteiger partial charge in [0.2, 0.25) is 10.0 Å². The zero-order valence-corrected chi connectivity index (χ0v) is 18.6. The van der Waals surface area contributed by atoms with Crippen LogP contribution in [0.25, 0.3) is 0 Å². The number of benzene rings is 2. The highest BCUT2D eigenvalue weighted by Crippen LogP contribution is 2.31. The van der Waals surface area contributed by atoms with Gasteiger partial charge in [-0.25, -0.2) is 12.7 Å². The molecule has 0 bridgehead atoms. The minimum Gasteiger partial charge on any atom is -0.340 e. The van der Waals surface area contributed by atoms with E-state index in [2.05, 4.69) is 23.5 Å². The van der Waals surface area contributed by atoms with Gasteiger partial charge in [0, 0.05) is 24.5 Å². The van der Waals surface area contributed by atoms with Crippen LogP contribution in [0.3, 0.4) is 0 Å². The molecule has 0 fully saturated rings. The van der Waals surface area contributed by atoms with Crippen LogP contribution in [0.2, 0.25) is 0 Å². The van der Waals surface area contributed by atoms with Crippen LogP contribution in [0, 0.1) is 0 Å². The van der Waals surface area contributed by atoms with E-state index < -0.39 is 10.0 Å². The lowest BCUT2D eigenvalue weighted by Gasteiger charge is -2.19. The van der Waals surface area contributed by atoms with Gasteiger partial charge < -0.3 is 5.32 Å². The molecule has 1 aliphatic carbocycles. The number of hydrogen-bond donors (Lipinski definition) is 1. The first kappa shape index (κ1) is 20.8. The fourth-order valence-corrected chi connectivity index (χ4v) is 5.45. The summed E-state index contributed by atoms with van der Waals surface area (Å²) in [6.07, 6.45) is 3.38. The molecule has 1 aromatic heterocycles. The average Bonchev–Trinajstić information content (AvgIpc) is 3.43. The van der Waals surface area contributed by atoms with E-state index in [9.17, 15) is 13.2 Å². The van der Waals surface area contributed by atoms with Gasteiger partial charge in [-0.2, -0.15) is 0 Å². The Labute approximate surface area is 181 Å². The van der Waals surface area contributed by atoms with Gasteiger partial charge in [-0.3, -0.25) is 4.79 Å². The van der Waals surface area contributed by atoms with Gasteiger partial charge in [0.05, 0.1) is 10.9 Å². The van der Waals surface area contributed by atoms with Gasteiger partial charge in [0.25, 0.3) is 5.91 Å². The van der Waals surface area contributed by atoms with E-state index in [0.29, 0.717) is 5.56 Å². The molecule has 0 radical (unpaired) electrons. The number of fused-ring (bicyclic) bond motifs is 1. The highest BCUT2D eigenvalue weighted by molar-refractivity contribution is 7.89. The summed E-state index contributed by atoms with van der Waals surface area (Å²) < 4.78 is 25.7. The number of aryl methyl sites for hydroxylation is 2. The Bertz CT molecular complexity index is 1150. The van der Waals surface area contributed by atoms with Crippen molar-refractivity contribution in [3.63, 3.8) is 0 Å². The fraction of sp³-hybridized carbons (Fsp3) is 0.261. The molecule has 0 aliphatic heterocycles. The first-order valence-corrected chi connectivity index (χ1v) is 12.2. The van der Waals surface area contributed by atoms with Crippen molar-refractivity contribution in [2.75, 3.05) is 14.1 Å². The van der Waals surface area contributed by atoms with E-state index in [1.54, 1.807) is 23.5 Å². The molecule has 1 unspecified atom stereocenters. The monoisotopic (exact) mass is 440 g/mol. The van der Waals surface area contributed by atoms with Crippen LogP contribution in [0.5, 0.6) is 0 Å². The molecule has 30 heavy (non-hydrogen) atoms. The van der Waals surface area contributed by atoms with Crippen LogP contribution in [0.15, 0.2) is 64.9 Å². The lowest BCUT2D eigenvalue weighted by Crippen LogP contribution is -2.29. The number of amides is 1. The Hall–Kier alpha value is -2.48. The first-order chi connectivity index (χ1) is 14.4. The Morgan fingerprint density at radius 2 is 1.77 bits per heavy atom. The van der Waals surface area contributed by atoms with Crippen LogP contribution in [0.1, 0.15) is 44.4 Å². The van der Waals surface area contributed by atoms with Crippen molar-refractivity contribution in [1.29, 1.82) is 0 Å². The van der Waals surface area contributed by atoms with Crippen molar-refractivity contribution in [3.8, 4) is 0 Å². The molecule has 1 atom stereocenters. The molecular weight excluding hydrogens is 416 g/mol. The van der Waals surface area contributed by atoms with Crippen molar-refractivity contribution in [1.82, 2.24) is 9.62 Å². The minimum atomic E-state index is -3.52. The Kier molecular flexibility index (Phi) is 5.77. The number of nitrogens with one attached hydrogen (secondary N) is 1. The van der Waals surface area contributed by atoms with Crippen molar-refractivity contribution >= 4 is 27.3 Å². The maximum atomic E-state index is 13.0. The van der Waals surface area contributed by atoms with Crippen LogP contribution in [-0.4, -0.2) is 32.7 Å². The molecule has 4 rings (SSSR count). The predicted molar refractivity (Wildman–Crippen MR) is 119 cm³/mol. The second-order valence-electron chi connectivity index (χ2n) is 7.62. The number of carbonyl (C=O) groups is 1.